The highest BCUT2D eigenvalue weighted by atomic mass is 35.5. The number of nitrogens with two attached hydrogens (primary N) is 1. The van der Waals surface area contributed by atoms with Gasteiger partial charge in [-0.25, -0.2) is 8.78 Å². The van der Waals surface area contributed by atoms with Gasteiger partial charge in [-0.1, -0.05) is 17.7 Å². The van der Waals surface area contributed by atoms with Gasteiger partial charge in [0.25, 0.3) is 5.91 Å². The van der Waals surface area contributed by atoms with Gasteiger partial charge in [-0.3, -0.25) is 4.79 Å². The second-order valence-corrected chi connectivity index (χ2v) is 4.19. The Labute approximate surface area is 113 Å². The molecule has 3 N–H and O–H groups in total. The van der Waals surface area contributed by atoms with Crippen LogP contribution in [0.4, 0.5) is 20.2 Å². The third-order valence-electron chi connectivity index (χ3n) is 2.45. The summed E-state index contributed by atoms with van der Waals surface area (Å²) in [6.45, 7) is 0. The fourth-order valence-corrected chi connectivity index (χ4v) is 1.79. The summed E-state index contributed by atoms with van der Waals surface area (Å²) in [7, 11) is 0. The molecule has 0 unspecified atom stereocenters. The van der Waals surface area contributed by atoms with Crippen LogP contribution in [0.2, 0.25) is 5.02 Å². The lowest BCUT2D eigenvalue weighted by molar-refractivity contribution is 0.102. The molecular formula is C13H9ClF2N2O. The van der Waals surface area contributed by atoms with Crippen molar-refractivity contribution < 1.29 is 13.6 Å². The van der Waals surface area contributed by atoms with Crippen molar-refractivity contribution in [3.63, 3.8) is 0 Å². The van der Waals surface area contributed by atoms with E-state index in [9.17, 15) is 13.6 Å². The Bertz CT molecular complexity index is 626. The van der Waals surface area contributed by atoms with Crippen molar-refractivity contribution in [1.82, 2.24) is 0 Å². The lowest BCUT2D eigenvalue weighted by Gasteiger charge is -2.09. The highest BCUT2D eigenvalue weighted by Gasteiger charge is 2.16. The first-order chi connectivity index (χ1) is 8.99. The van der Waals surface area contributed by atoms with Crippen molar-refractivity contribution in [3.05, 3.63) is 58.6 Å². The minimum atomic E-state index is -0.791. The SMILES string of the molecule is Nc1ccc(F)cc1NC(=O)c1c(F)cccc1Cl. The van der Waals surface area contributed by atoms with Crippen LogP contribution in [-0.2, 0) is 0 Å². The van der Waals surface area contributed by atoms with Gasteiger partial charge in [0.15, 0.2) is 0 Å². The summed E-state index contributed by atoms with van der Waals surface area (Å²) in [5, 5.41) is 2.29. The second kappa shape index (κ2) is 5.24. The second-order valence-electron chi connectivity index (χ2n) is 3.78. The van der Waals surface area contributed by atoms with Crippen LogP contribution < -0.4 is 11.1 Å². The topological polar surface area (TPSA) is 55.1 Å². The Kier molecular flexibility index (Phi) is 3.66. The molecule has 1 amide bonds. The molecule has 0 saturated heterocycles. The van der Waals surface area contributed by atoms with Gasteiger partial charge in [-0.05, 0) is 30.3 Å². The zero-order valence-corrected chi connectivity index (χ0v) is 10.3. The minimum absolute atomic E-state index is 0.0347. The number of rotatable bonds is 2. The molecule has 98 valence electrons. The molecule has 19 heavy (non-hydrogen) atoms. The fourth-order valence-electron chi connectivity index (χ4n) is 1.54. The monoisotopic (exact) mass is 282 g/mol. The van der Waals surface area contributed by atoms with E-state index in [2.05, 4.69) is 5.32 Å². The summed E-state index contributed by atoms with van der Waals surface area (Å²) in [4.78, 5) is 11.9. The first-order valence-electron chi connectivity index (χ1n) is 5.29. The Hall–Kier alpha value is -2.14. The van der Waals surface area contributed by atoms with E-state index in [4.69, 9.17) is 17.3 Å². The van der Waals surface area contributed by atoms with Crippen LogP contribution in [0.15, 0.2) is 36.4 Å². The van der Waals surface area contributed by atoms with Gasteiger partial charge in [0.2, 0.25) is 0 Å². The molecule has 0 fully saturated rings. The van der Waals surface area contributed by atoms with Gasteiger partial charge in [-0.2, -0.15) is 0 Å². The maximum Gasteiger partial charge on any atom is 0.260 e. The summed E-state index contributed by atoms with van der Waals surface area (Å²) in [5.74, 6) is -2.12. The number of nitrogen functional groups attached to an aromatic ring is 1. The number of nitrogens with one attached hydrogen (secondary N) is 1. The van der Waals surface area contributed by atoms with Crippen molar-refractivity contribution in [1.29, 1.82) is 0 Å². The predicted octanol–water partition coefficient (Wildman–Crippen LogP) is 3.45. The van der Waals surface area contributed by atoms with Gasteiger partial charge >= 0.3 is 0 Å². The molecule has 0 atom stereocenters. The van der Waals surface area contributed by atoms with Crippen molar-refractivity contribution in [2.75, 3.05) is 11.1 Å². The quantitative estimate of drug-likeness (QED) is 0.829. The molecule has 2 rings (SSSR count). The Morgan fingerprint density at radius 3 is 2.63 bits per heavy atom. The molecule has 0 bridgehead atoms. The molecule has 0 spiro atoms. The Morgan fingerprint density at radius 2 is 1.95 bits per heavy atom. The number of hydrogen-bond acceptors (Lipinski definition) is 2. The lowest BCUT2D eigenvalue weighted by Crippen LogP contribution is -2.15. The van der Waals surface area contributed by atoms with E-state index in [1.54, 1.807) is 0 Å². The molecule has 3 nitrogen and oxygen atoms in total. The number of amides is 1. The summed E-state index contributed by atoms with van der Waals surface area (Å²) in [6, 6.07) is 7.37. The summed E-state index contributed by atoms with van der Waals surface area (Å²) >= 11 is 5.76. The van der Waals surface area contributed by atoms with Gasteiger partial charge in [-0.15, -0.1) is 0 Å². The number of hydrogen-bond donors (Lipinski definition) is 2. The van der Waals surface area contributed by atoms with Crippen molar-refractivity contribution in [2.45, 2.75) is 0 Å². The van der Waals surface area contributed by atoms with Crippen LogP contribution in [0, 0.1) is 11.6 Å². The summed E-state index contributed by atoms with van der Waals surface area (Å²) in [6.07, 6.45) is 0. The summed E-state index contributed by atoms with van der Waals surface area (Å²) < 4.78 is 26.6. The number of benzene rings is 2. The standard InChI is InChI=1S/C13H9ClF2N2O/c14-8-2-1-3-9(16)12(8)13(19)18-11-6-7(15)4-5-10(11)17/h1-6H,17H2,(H,18,19). The molecule has 2 aromatic rings. The van der Waals surface area contributed by atoms with E-state index in [1.807, 2.05) is 0 Å². The van der Waals surface area contributed by atoms with Crippen molar-refractivity contribution >= 4 is 28.9 Å². The molecule has 0 aromatic heterocycles. The number of carbonyl (C=O) groups excluding carboxylic acids is 1. The predicted molar refractivity (Wildman–Crippen MR) is 70.2 cm³/mol. The van der Waals surface area contributed by atoms with Gasteiger partial charge < -0.3 is 11.1 Å². The summed E-state index contributed by atoms with van der Waals surface area (Å²) in [5.41, 5.74) is 5.50. The van der Waals surface area contributed by atoms with Crippen LogP contribution in [0.25, 0.3) is 0 Å². The molecule has 0 saturated carbocycles. The van der Waals surface area contributed by atoms with Crippen LogP contribution in [-0.4, -0.2) is 5.91 Å². The maximum atomic E-state index is 13.5. The van der Waals surface area contributed by atoms with Crippen LogP contribution >= 0.6 is 11.6 Å². The van der Waals surface area contributed by atoms with Crippen molar-refractivity contribution in [3.8, 4) is 0 Å². The molecule has 2 aromatic carbocycles. The number of carbonyl (C=O) groups is 1. The number of halogens is 3. The zero-order valence-electron chi connectivity index (χ0n) is 9.58. The lowest BCUT2D eigenvalue weighted by atomic mass is 10.2. The van der Waals surface area contributed by atoms with E-state index in [0.717, 1.165) is 18.2 Å². The average molecular weight is 283 g/mol. The molecule has 0 aliphatic rings. The van der Waals surface area contributed by atoms with Crippen molar-refractivity contribution in [2.24, 2.45) is 0 Å². The third kappa shape index (κ3) is 2.82. The highest BCUT2D eigenvalue weighted by molar-refractivity contribution is 6.34. The van der Waals surface area contributed by atoms with Gasteiger partial charge in [0.05, 0.1) is 22.0 Å². The van der Waals surface area contributed by atoms with E-state index >= 15 is 0 Å². The average Bonchev–Trinajstić information content (AvgIpc) is 2.33. The molecule has 0 aliphatic carbocycles. The third-order valence-corrected chi connectivity index (χ3v) is 2.77. The van der Waals surface area contributed by atoms with Gasteiger partial charge in [0.1, 0.15) is 11.6 Å². The van der Waals surface area contributed by atoms with E-state index in [-0.39, 0.29) is 22.0 Å². The first kappa shape index (κ1) is 13.3. The molecular weight excluding hydrogens is 274 g/mol. The Morgan fingerprint density at radius 1 is 1.21 bits per heavy atom. The minimum Gasteiger partial charge on any atom is -0.397 e. The highest BCUT2D eigenvalue weighted by Crippen LogP contribution is 2.23. The van der Waals surface area contributed by atoms with Crippen LogP contribution in [0.3, 0.4) is 0 Å². The first-order valence-corrected chi connectivity index (χ1v) is 5.67. The molecule has 0 heterocycles. The van der Waals surface area contributed by atoms with Crippen LogP contribution in [0.1, 0.15) is 10.4 Å². The van der Waals surface area contributed by atoms with E-state index in [0.29, 0.717) is 0 Å². The normalized spacial score (nSPS) is 10.3. The molecule has 0 aliphatic heterocycles. The molecule has 6 heteroatoms. The van der Waals surface area contributed by atoms with E-state index < -0.39 is 17.5 Å². The maximum absolute atomic E-state index is 13.5. The number of anilines is 2. The van der Waals surface area contributed by atoms with Crippen LogP contribution in [0.5, 0.6) is 0 Å². The van der Waals surface area contributed by atoms with Gasteiger partial charge in [0, 0.05) is 0 Å². The smallest absolute Gasteiger partial charge is 0.260 e. The Balaban J connectivity index is 2.34. The van der Waals surface area contributed by atoms with E-state index in [1.165, 1.54) is 18.2 Å². The molecule has 0 radical (unpaired) electrons. The zero-order chi connectivity index (χ0) is 14.0. The largest absolute Gasteiger partial charge is 0.397 e. The fraction of sp³-hybridized carbons (Fsp3) is 0.